The third kappa shape index (κ3) is 4.49. The molecule has 0 spiro atoms. The van der Waals surface area contributed by atoms with Crippen LogP contribution in [0.4, 0.5) is 11.6 Å². The van der Waals surface area contributed by atoms with Crippen LogP contribution >= 0.6 is 0 Å². The number of likely N-dealkylation sites (N-methyl/N-ethyl adjacent to an activating group) is 1. The molecule has 18 heavy (non-hydrogen) atoms. The van der Waals surface area contributed by atoms with Crippen molar-refractivity contribution in [1.29, 1.82) is 0 Å². The number of nitrogens with zero attached hydrogens (tertiary/aromatic N) is 3. The maximum absolute atomic E-state index is 8.91. The Bertz CT molecular complexity index is 368. The number of aliphatic hydroxyl groups is 1. The molecule has 0 unspecified atom stereocenters. The van der Waals surface area contributed by atoms with Crippen LogP contribution in [0.2, 0.25) is 0 Å². The quantitative estimate of drug-likeness (QED) is 0.774. The van der Waals surface area contributed by atoms with Gasteiger partial charge in [-0.3, -0.25) is 0 Å². The summed E-state index contributed by atoms with van der Waals surface area (Å²) in [6.07, 6.45) is 2.66. The number of aliphatic hydroxyl groups excluding tert-OH is 1. The summed E-state index contributed by atoms with van der Waals surface area (Å²) >= 11 is 0. The van der Waals surface area contributed by atoms with Gasteiger partial charge in [-0.15, -0.1) is 0 Å². The van der Waals surface area contributed by atoms with Crippen LogP contribution < -0.4 is 10.2 Å². The summed E-state index contributed by atoms with van der Waals surface area (Å²) in [4.78, 5) is 10.3. The van der Waals surface area contributed by atoms with E-state index < -0.39 is 0 Å². The van der Waals surface area contributed by atoms with Crippen molar-refractivity contribution in [3.63, 3.8) is 0 Å². The molecule has 0 radical (unpaired) electrons. The fourth-order valence-corrected chi connectivity index (χ4v) is 1.37. The van der Waals surface area contributed by atoms with Gasteiger partial charge < -0.3 is 15.3 Å². The first-order chi connectivity index (χ1) is 8.48. The number of nitrogens with one attached hydrogen (secondary N) is 1. The maximum Gasteiger partial charge on any atom is 0.133 e. The molecular formula is C13H24N4O. The highest BCUT2D eigenvalue weighted by Crippen LogP contribution is 2.20. The summed E-state index contributed by atoms with van der Waals surface area (Å²) in [5, 5.41) is 12.2. The summed E-state index contributed by atoms with van der Waals surface area (Å²) in [5.41, 5.74) is 0.252. The van der Waals surface area contributed by atoms with Gasteiger partial charge in [-0.1, -0.05) is 20.8 Å². The van der Waals surface area contributed by atoms with Crippen LogP contribution in [0.15, 0.2) is 12.4 Å². The summed E-state index contributed by atoms with van der Waals surface area (Å²) in [6.45, 7) is 8.19. The van der Waals surface area contributed by atoms with Crippen molar-refractivity contribution in [2.75, 3.05) is 37.0 Å². The molecule has 102 valence electrons. The Morgan fingerprint density at radius 2 is 2.11 bits per heavy atom. The van der Waals surface area contributed by atoms with Gasteiger partial charge in [0.25, 0.3) is 0 Å². The minimum absolute atomic E-state index is 0.117. The molecule has 2 N–H and O–H groups in total. The number of rotatable bonds is 7. The summed E-state index contributed by atoms with van der Waals surface area (Å²) in [7, 11) is 1.90. The van der Waals surface area contributed by atoms with Gasteiger partial charge in [-0.25, -0.2) is 9.97 Å². The van der Waals surface area contributed by atoms with Crippen molar-refractivity contribution in [1.82, 2.24) is 9.97 Å². The van der Waals surface area contributed by atoms with E-state index in [1.807, 2.05) is 18.0 Å². The lowest BCUT2D eigenvalue weighted by atomic mass is 9.90. The maximum atomic E-state index is 8.91. The van der Waals surface area contributed by atoms with E-state index >= 15 is 0 Å². The molecule has 0 aliphatic rings. The smallest absolute Gasteiger partial charge is 0.133 e. The average molecular weight is 252 g/mol. The Labute approximate surface area is 109 Å². The monoisotopic (exact) mass is 252 g/mol. The lowest BCUT2D eigenvalue weighted by Crippen LogP contribution is -2.24. The molecule has 0 saturated carbocycles. The Morgan fingerprint density at radius 1 is 1.39 bits per heavy atom. The molecule has 0 saturated heterocycles. The standard InChI is InChI=1S/C13H24N4O/c1-5-13(2,3)9-14-11-8-12(16-10-15-11)17(4)6-7-18/h8,10,18H,5-7,9H2,1-4H3,(H,14,15,16). The lowest BCUT2D eigenvalue weighted by Gasteiger charge is -2.23. The number of hydrogen-bond donors (Lipinski definition) is 2. The van der Waals surface area contributed by atoms with Crippen molar-refractivity contribution in [3.05, 3.63) is 12.4 Å². The van der Waals surface area contributed by atoms with Crippen molar-refractivity contribution in [3.8, 4) is 0 Å². The topological polar surface area (TPSA) is 61.3 Å². The molecule has 5 nitrogen and oxygen atoms in total. The van der Waals surface area contributed by atoms with Crippen LogP contribution in [-0.2, 0) is 0 Å². The zero-order valence-corrected chi connectivity index (χ0v) is 11.8. The molecule has 0 aromatic carbocycles. The van der Waals surface area contributed by atoms with E-state index in [0.717, 1.165) is 24.6 Å². The van der Waals surface area contributed by atoms with Crippen molar-refractivity contribution in [2.45, 2.75) is 27.2 Å². The predicted molar refractivity (Wildman–Crippen MR) is 74.9 cm³/mol. The van der Waals surface area contributed by atoms with Crippen LogP contribution in [0.3, 0.4) is 0 Å². The van der Waals surface area contributed by atoms with Gasteiger partial charge in [0.2, 0.25) is 0 Å². The highest BCUT2D eigenvalue weighted by molar-refractivity contribution is 5.47. The van der Waals surface area contributed by atoms with Gasteiger partial charge >= 0.3 is 0 Å². The van der Waals surface area contributed by atoms with Crippen LogP contribution in [0.1, 0.15) is 27.2 Å². The molecule has 0 aliphatic heterocycles. The lowest BCUT2D eigenvalue weighted by molar-refractivity contribution is 0.304. The van der Waals surface area contributed by atoms with Crippen molar-refractivity contribution < 1.29 is 5.11 Å². The fourth-order valence-electron chi connectivity index (χ4n) is 1.37. The Morgan fingerprint density at radius 3 is 2.72 bits per heavy atom. The molecule has 1 rings (SSSR count). The van der Waals surface area contributed by atoms with Crippen LogP contribution in [0.25, 0.3) is 0 Å². The molecular weight excluding hydrogens is 228 g/mol. The Balaban J connectivity index is 2.65. The van der Waals surface area contributed by atoms with Crippen LogP contribution in [0, 0.1) is 5.41 Å². The summed E-state index contributed by atoms with van der Waals surface area (Å²) in [6, 6.07) is 1.90. The van der Waals surface area contributed by atoms with E-state index in [2.05, 4.69) is 36.1 Å². The van der Waals surface area contributed by atoms with Crippen molar-refractivity contribution >= 4 is 11.6 Å². The third-order valence-electron chi connectivity index (χ3n) is 3.18. The minimum Gasteiger partial charge on any atom is -0.395 e. The van der Waals surface area contributed by atoms with E-state index in [9.17, 15) is 0 Å². The fraction of sp³-hybridized carbons (Fsp3) is 0.692. The molecule has 1 heterocycles. The molecule has 1 aromatic heterocycles. The molecule has 0 aliphatic carbocycles. The van der Waals surface area contributed by atoms with Gasteiger partial charge in [-0.05, 0) is 11.8 Å². The number of hydrogen-bond acceptors (Lipinski definition) is 5. The highest BCUT2D eigenvalue weighted by Gasteiger charge is 2.15. The summed E-state index contributed by atoms with van der Waals surface area (Å²) in [5.74, 6) is 1.64. The van der Waals surface area contributed by atoms with Gasteiger partial charge in [0.15, 0.2) is 0 Å². The van der Waals surface area contributed by atoms with Gasteiger partial charge in [0.1, 0.15) is 18.0 Å². The second kappa shape index (κ2) is 6.54. The van der Waals surface area contributed by atoms with Crippen LogP contribution in [0.5, 0.6) is 0 Å². The zero-order valence-electron chi connectivity index (χ0n) is 11.8. The predicted octanol–water partition coefficient (Wildman–Crippen LogP) is 1.75. The van der Waals surface area contributed by atoms with E-state index in [1.54, 1.807) is 6.33 Å². The molecule has 1 aromatic rings. The van der Waals surface area contributed by atoms with Gasteiger partial charge in [-0.2, -0.15) is 0 Å². The molecule has 0 bridgehead atoms. The molecule has 0 atom stereocenters. The molecule has 5 heteroatoms. The van der Waals surface area contributed by atoms with E-state index in [-0.39, 0.29) is 12.0 Å². The highest BCUT2D eigenvalue weighted by atomic mass is 16.3. The van der Waals surface area contributed by atoms with E-state index in [0.29, 0.717) is 6.54 Å². The summed E-state index contributed by atoms with van der Waals surface area (Å²) < 4.78 is 0. The van der Waals surface area contributed by atoms with E-state index in [4.69, 9.17) is 5.11 Å². The molecule has 0 fully saturated rings. The van der Waals surface area contributed by atoms with Crippen LogP contribution in [-0.4, -0.2) is 41.8 Å². The third-order valence-corrected chi connectivity index (χ3v) is 3.18. The van der Waals surface area contributed by atoms with E-state index in [1.165, 1.54) is 0 Å². The minimum atomic E-state index is 0.117. The first-order valence-electron chi connectivity index (χ1n) is 6.36. The second-order valence-electron chi connectivity index (χ2n) is 5.28. The molecule has 0 amide bonds. The first kappa shape index (κ1) is 14.7. The second-order valence-corrected chi connectivity index (χ2v) is 5.28. The van der Waals surface area contributed by atoms with Gasteiger partial charge in [0, 0.05) is 26.2 Å². The Hall–Kier alpha value is -1.36. The number of aromatic nitrogens is 2. The normalized spacial score (nSPS) is 11.4. The Kier molecular flexibility index (Phi) is 5.34. The number of anilines is 2. The van der Waals surface area contributed by atoms with Gasteiger partial charge in [0.05, 0.1) is 6.61 Å². The average Bonchev–Trinajstić information content (AvgIpc) is 2.37. The first-order valence-corrected chi connectivity index (χ1v) is 6.36. The van der Waals surface area contributed by atoms with Crippen molar-refractivity contribution in [2.24, 2.45) is 5.41 Å². The zero-order chi connectivity index (χ0) is 13.6. The largest absolute Gasteiger partial charge is 0.395 e. The SMILES string of the molecule is CCC(C)(C)CNc1cc(N(C)CCO)ncn1.